The van der Waals surface area contributed by atoms with Gasteiger partial charge in [0.2, 0.25) is 5.28 Å². The van der Waals surface area contributed by atoms with Crippen LogP contribution in [0, 0.1) is 5.92 Å². The smallest absolute Gasteiger partial charge is 0.252 e. The molecule has 0 aromatic carbocycles. The van der Waals surface area contributed by atoms with Crippen molar-refractivity contribution in [2.45, 2.75) is 31.9 Å². The van der Waals surface area contributed by atoms with E-state index in [4.69, 9.17) is 16.3 Å². The molecule has 4 rings (SSSR count). The van der Waals surface area contributed by atoms with Crippen molar-refractivity contribution in [2.24, 2.45) is 5.92 Å². The first-order valence-corrected chi connectivity index (χ1v) is 7.73. The van der Waals surface area contributed by atoms with Crippen LogP contribution in [0.25, 0.3) is 0 Å². The molecule has 2 fully saturated rings. The average Bonchev–Trinajstić information content (AvgIpc) is 3.27. The topological polar surface area (TPSA) is 58.6 Å². The molecule has 3 heterocycles. The zero-order valence-corrected chi connectivity index (χ0v) is 12.6. The first kappa shape index (κ1) is 13.3. The van der Waals surface area contributed by atoms with Crippen molar-refractivity contribution in [1.82, 2.24) is 9.97 Å². The molecule has 7 heteroatoms. The van der Waals surface area contributed by atoms with Gasteiger partial charge in [0.05, 0.1) is 18.9 Å². The van der Waals surface area contributed by atoms with Gasteiger partial charge in [0.1, 0.15) is 11.7 Å². The molecule has 2 aliphatic heterocycles. The number of nitrogens with zero attached hydrogens (tertiary/aromatic N) is 4. The number of anilines is 2. The van der Waals surface area contributed by atoms with E-state index in [2.05, 4.69) is 9.97 Å². The maximum atomic E-state index is 12.8. The van der Waals surface area contributed by atoms with Crippen molar-refractivity contribution < 1.29 is 9.53 Å². The minimum Gasteiger partial charge on any atom is -0.374 e. The largest absolute Gasteiger partial charge is 0.374 e. The van der Waals surface area contributed by atoms with Crippen LogP contribution < -0.4 is 9.80 Å². The molecule has 0 spiro atoms. The van der Waals surface area contributed by atoms with Crippen LogP contribution in [-0.2, 0) is 9.53 Å². The van der Waals surface area contributed by atoms with Crippen LogP contribution >= 0.6 is 11.6 Å². The molecule has 1 aromatic heterocycles. The summed E-state index contributed by atoms with van der Waals surface area (Å²) in [6.45, 7) is 3.80. The summed E-state index contributed by atoms with van der Waals surface area (Å²) in [7, 11) is 0. The van der Waals surface area contributed by atoms with Gasteiger partial charge in [-0.3, -0.25) is 4.79 Å². The van der Waals surface area contributed by atoms with Gasteiger partial charge >= 0.3 is 0 Å². The van der Waals surface area contributed by atoms with Crippen LogP contribution in [0.4, 0.5) is 11.5 Å². The van der Waals surface area contributed by atoms with Gasteiger partial charge in [-0.05, 0) is 37.3 Å². The number of carbonyl (C=O) groups is 1. The van der Waals surface area contributed by atoms with E-state index in [0.717, 1.165) is 18.1 Å². The van der Waals surface area contributed by atoms with Gasteiger partial charge in [-0.1, -0.05) is 0 Å². The molecular formula is C14H17ClN4O2. The molecule has 1 saturated heterocycles. The molecular weight excluding hydrogens is 292 g/mol. The van der Waals surface area contributed by atoms with Gasteiger partial charge in [-0.25, -0.2) is 4.98 Å². The predicted molar refractivity (Wildman–Crippen MR) is 78.7 cm³/mol. The maximum Gasteiger partial charge on any atom is 0.252 e. The van der Waals surface area contributed by atoms with Gasteiger partial charge in [0.15, 0.2) is 5.82 Å². The number of fused-ring (bicyclic) bond motifs is 3. The quantitative estimate of drug-likeness (QED) is 0.775. The fourth-order valence-corrected chi connectivity index (χ4v) is 3.16. The number of amides is 1. The highest BCUT2D eigenvalue weighted by Gasteiger charge is 2.44. The summed E-state index contributed by atoms with van der Waals surface area (Å²) < 4.78 is 5.67. The van der Waals surface area contributed by atoms with Gasteiger partial charge in [0, 0.05) is 13.1 Å². The number of hydrogen-bond donors (Lipinski definition) is 0. The van der Waals surface area contributed by atoms with Crippen molar-refractivity contribution in [2.75, 3.05) is 29.5 Å². The summed E-state index contributed by atoms with van der Waals surface area (Å²) >= 11 is 5.96. The highest BCUT2D eigenvalue weighted by molar-refractivity contribution is 6.28. The minimum absolute atomic E-state index is 0.0747. The van der Waals surface area contributed by atoms with Gasteiger partial charge in [-0.2, -0.15) is 4.98 Å². The number of rotatable bonds is 2. The predicted octanol–water partition coefficient (Wildman–Crippen LogP) is 1.48. The summed E-state index contributed by atoms with van der Waals surface area (Å²) in [4.78, 5) is 25.1. The second-order valence-corrected chi connectivity index (χ2v) is 6.39. The normalized spacial score (nSPS) is 28.4. The molecule has 1 aliphatic carbocycles. The molecule has 0 radical (unpaired) electrons. The number of aromatic nitrogens is 2. The molecule has 1 aromatic rings. The summed E-state index contributed by atoms with van der Waals surface area (Å²) in [6, 6.07) is -0.293. The van der Waals surface area contributed by atoms with Crippen molar-refractivity contribution in [3.63, 3.8) is 0 Å². The van der Waals surface area contributed by atoms with Crippen LogP contribution in [0.3, 0.4) is 0 Å². The first-order valence-electron chi connectivity index (χ1n) is 7.35. The lowest BCUT2D eigenvalue weighted by Gasteiger charge is -2.45. The van der Waals surface area contributed by atoms with Crippen LogP contribution in [0.2, 0.25) is 5.28 Å². The molecule has 0 bridgehead atoms. The summed E-state index contributed by atoms with van der Waals surface area (Å²) in [5.74, 6) is 1.45. The van der Waals surface area contributed by atoms with Gasteiger partial charge < -0.3 is 14.5 Å². The van der Waals surface area contributed by atoms with Crippen LogP contribution in [-0.4, -0.2) is 47.7 Å². The molecule has 112 valence electrons. The number of halogens is 1. The lowest BCUT2D eigenvalue weighted by atomic mass is 10.1. The van der Waals surface area contributed by atoms with Crippen molar-refractivity contribution in [3.05, 3.63) is 11.5 Å². The molecule has 2 unspecified atom stereocenters. The van der Waals surface area contributed by atoms with E-state index in [0.29, 0.717) is 19.1 Å². The van der Waals surface area contributed by atoms with Crippen LogP contribution in [0.5, 0.6) is 0 Å². The Morgan fingerprint density at radius 2 is 2.29 bits per heavy atom. The number of carbonyl (C=O) groups excluding carboxylic acids is 1. The second-order valence-electron chi connectivity index (χ2n) is 6.05. The van der Waals surface area contributed by atoms with Crippen LogP contribution in [0.1, 0.15) is 19.8 Å². The third-order valence-corrected chi connectivity index (χ3v) is 4.52. The molecule has 1 saturated carbocycles. The molecule has 1 amide bonds. The Morgan fingerprint density at radius 3 is 3.05 bits per heavy atom. The van der Waals surface area contributed by atoms with E-state index in [1.807, 2.05) is 16.7 Å². The molecule has 0 N–H and O–H groups in total. The zero-order chi connectivity index (χ0) is 14.6. The van der Waals surface area contributed by atoms with Gasteiger partial charge in [-0.15, -0.1) is 0 Å². The zero-order valence-electron chi connectivity index (χ0n) is 11.8. The molecule has 2 atom stereocenters. The fourth-order valence-electron chi connectivity index (χ4n) is 3.03. The minimum atomic E-state index is -0.293. The van der Waals surface area contributed by atoms with E-state index >= 15 is 0 Å². The fraction of sp³-hybridized carbons (Fsp3) is 0.643. The Labute approximate surface area is 128 Å². The van der Waals surface area contributed by atoms with Crippen LogP contribution in [0.15, 0.2) is 6.20 Å². The van der Waals surface area contributed by atoms with Crippen molar-refractivity contribution >= 4 is 29.0 Å². The highest BCUT2D eigenvalue weighted by Crippen LogP contribution is 2.39. The lowest BCUT2D eigenvalue weighted by molar-refractivity contribution is -0.123. The second kappa shape index (κ2) is 4.81. The van der Waals surface area contributed by atoms with E-state index in [-0.39, 0.29) is 23.3 Å². The monoisotopic (exact) mass is 308 g/mol. The Bertz CT molecular complexity index is 592. The maximum absolute atomic E-state index is 12.8. The Hall–Kier alpha value is -1.40. The summed E-state index contributed by atoms with van der Waals surface area (Å²) in [6.07, 6.45) is 4.12. The summed E-state index contributed by atoms with van der Waals surface area (Å²) in [5.41, 5.74) is 0.779. The number of ether oxygens (including phenoxy) is 1. The molecule has 3 aliphatic rings. The average molecular weight is 309 g/mol. The van der Waals surface area contributed by atoms with E-state index in [9.17, 15) is 4.79 Å². The lowest BCUT2D eigenvalue weighted by Crippen LogP contribution is -2.61. The Kier molecular flexibility index (Phi) is 3.04. The number of morpholine rings is 1. The SMILES string of the molecule is CC1CN2c3nc(Cl)ncc3N(CC3CC3)C(=O)C2CO1. The first-order chi connectivity index (χ1) is 10.1. The van der Waals surface area contributed by atoms with Gasteiger partial charge in [0.25, 0.3) is 5.91 Å². The Morgan fingerprint density at radius 1 is 1.48 bits per heavy atom. The summed E-state index contributed by atoms with van der Waals surface area (Å²) in [5, 5.41) is 0.215. The molecule has 6 nitrogen and oxygen atoms in total. The van der Waals surface area contributed by atoms with E-state index in [1.165, 1.54) is 12.8 Å². The third kappa shape index (κ3) is 2.26. The molecule has 21 heavy (non-hydrogen) atoms. The van der Waals surface area contributed by atoms with Crippen molar-refractivity contribution in [1.29, 1.82) is 0 Å². The van der Waals surface area contributed by atoms with E-state index < -0.39 is 0 Å². The van der Waals surface area contributed by atoms with Crippen molar-refractivity contribution in [3.8, 4) is 0 Å². The highest BCUT2D eigenvalue weighted by atomic mass is 35.5. The Balaban J connectivity index is 1.77. The standard InChI is InChI=1S/C14H17ClN4O2/c1-8-5-18-11(7-21-8)13(20)19(6-9-2-3-9)10-4-16-14(15)17-12(10)18/h4,8-9,11H,2-3,5-7H2,1H3. The van der Waals surface area contributed by atoms with E-state index in [1.54, 1.807) is 6.20 Å². The third-order valence-electron chi connectivity index (χ3n) is 4.34. The number of hydrogen-bond acceptors (Lipinski definition) is 5.